The van der Waals surface area contributed by atoms with Crippen LogP contribution >= 0.6 is 11.3 Å². The molecule has 2 N–H and O–H groups in total. The Morgan fingerprint density at radius 2 is 2.19 bits per heavy atom. The largest absolute Gasteiger partial charge is 0.396 e. The minimum absolute atomic E-state index is 0.0574. The number of hydrogen-bond donors (Lipinski definition) is 2. The van der Waals surface area contributed by atoms with Crippen LogP contribution in [0.2, 0.25) is 0 Å². The van der Waals surface area contributed by atoms with E-state index in [4.69, 9.17) is 5.11 Å². The number of rotatable bonds is 6. The molecule has 0 saturated heterocycles. The van der Waals surface area contributed by atoms with Gasteiger partial charge < -0.3 is 10.4 Å². The first-order valence-corrected chi connectivity index (χ1v) is 6.52. The molecule has 0 unspecified atom stereocenters. The van der Waals surface area contributed by atoms with Crippen molar-refractivity contribution in [3.8, 4) is 0 Å². The van der Waals surface area contributed by atoms with Gasteiger partial charge in [0.2, 0.25) is 0 Å². The summed E-state index contributed by atoms with van der Waals surface area (Å²) in [5, 5.41) is 13.6. The number of aliphatic hydroxyl groups excluding tert-OH is 1. The highest BCUT2D eigenvalue weighted by molar-refractivity contribution is 7.11. The maximum Gasteiger partial charge on any atom is 0.107 e. The minimum atomic E-state index is -0.0574. The number of nitrogens with zero attached hydrogens (tertiary/aromatic N) is 1. The fraction of sp³-hybridized carbons (Fsp3) is 0.750. The summed E-state index contributed by atoms with van der Waals surface area (Å²) >= 11 is 1.76. The van der Waals surface area contributed by atoms with Crippen molar-refractivity contribution in [2.24, 2.45) is 5.41 Å². The molecule has 16 heavy (non-hydrogen) atoms. The Bertz CT molecular complexity index is 321. The van der Waals surface area contributed by atoms with Crippen LogP contribution < -0.4 is 5.32 Å². The molecule has 0 aliphatic carbocycles. The summed E-state index contributed by atoms with van der Waals surface area (Å²) in [4.78, 5) is 5.71. The van der Waals surface area contributed by atoms with E-state index in [9.17, 15) is 0 Å². The van der Waals surface area contributed by atoms with Crippen molar-refractivity contribution >= 4 is 11.3 Å². The zero-order chi connectivity index (χ0) is 12.2. The van der Waals surface area contributed by atoms with Crippen molar-refractivity contribution in [1.29, 1.82) is 0 Å². The molecule has 3 nitrogen and oxygen atoms in total. The third kappa shape index (κ3) is 4.20. The predicted octanol–water partition coefficient (Wildman–Crippen LogP) is 2.37. The van der Waals surface area contributed by atoms with Crippen LogP contribution in [0.5, 0.6) is 0 Å². The standard InChI is InChI=1S/C12H22N2OS/c1-9(2)10-5-14-11(16-10)6-13-7-12(3,4)8-15/h5,9,13,15H,6-8H2,1-4H3. The summed E-state index contributed by atoms with van der Waals surface area (Å²) in [7, 11) is 0. The molecule has 1 rings (SSSR count). The smallest absolute Gasteiger partial charge is 0.107 e. The minimum Gasteiger partial charge on any atom is -0.396 e. The van der Waals surface area contributed by atoms with Crippen molar-refractivity contribution in [2.45, 2.75) is 40.2 Å². The van der Waals surface area contributed by atoms with E-state index in [-0.39, 0.29) is 12.0 Å². The van der Waals surface area contributed by atoms with Gasteiger partial charge in [-0.25, -0.2) is 4.98 Å². The zero-order valence-electron chi connectivity index (χ0n) is 10.6. The van der Waals surface area contributed by atoms with E-state index in [2.05, 4.69) is 24.1 Å². The van der Waals surface area contributed by atoms with E-state index in [1.54, 1.807) is 11.3 Å². The van der Waals surface area contributed by atoms with Gasteiger partial charge >= 0.3 is 0 Å². The van der Waals surface area contributed by atoms with Crippen LogP contribution in [-0.4, -0.2) is 23.2 Å². The van der Waals surface area contributed by atoms with Gasteiger partial charge in [0.15, 0.2) is 0 Å². The van der Waals surface area contributed by atoms with Gasteiger partial charge in [-0.1, -0.05) is 27.7 Å². The summed E-state index contributed by atoms with van der Waals surface area (Å²) in [5.74, 6) is 0.556. The van der Waals surface area contributed by atoms with Crippen LogP contribution in [0.4, 0.5) is 0 Å². The lowest BCUT2D eigenvalue weighted by Crippen LogP contribution is -2.31. The second kappa shape index (κ2) is 5.75. The molecule has 1 aromatic rings. The van der Waals surface area contributed by atoms with Crippen LogP contribution in [0.3, 0.4) is 0 Å². The first-order valence-electron chi connectivity index (χ1n) is 5.71. The Hall–Kier alpha value is -0.450. The molecular formula is C12H22N2OS. The van der Waals surface area contributed by atoms with Crippen molar-refractivity contribution in [1.82, 2.24) is 10.3 Å². The van der Waals surface area contributed by atoms with E-state index >= 15 is 0 Å². The third-order valence-corrected chi connectivity index (χ3v) is 3.75. The molecule has 0 bridgehead atoms. The van der Waals surface area contributed by atoms with Crippen LogP contribution in [0.15, 0.2) is 6.20 Å². The molecule has 0 atom stereocenters. The lowest BCUT2D eigenvalue weighted by molar-refractivity contribution is 0.156. The molecule has 0 amide bonds. The number of nitrogens with one attached hydrogen (secondary N) is 1. The van der Waals surface area contributed by atoms with Gasteiger partial charge in [-0.05, 0) is 5.92 Å². The van der Waals surface area contributed by atoms with E-state index in [1.807, 2.05) is 20.0 Å². The SMILES string of the molecule is CC(C)c1cnc(CNCC(C)(C)CO)s1. The fourth-order valence-electron chi connectivity index (χ4n) is 1.24. The second-order valence-corrected chi connectivity index (χ2v) is 6.38. The fourth-order valence-corrected chi connectivity index (χ4v) is 2.13. The molecule has 0 aromatic carbocycles. The Morgan fingerprint density at radius 1 is 1.50 bits per heavy atom. The predicted molar refractivity (Wildman–Crippen MR) is 68.8 cm³/mol. The van der Waals surface area contributed by atoms with E-state index in [0.717, 1.165) is 18.1 Å². The second-order valence-electron chi connectivity index (χ2n) is 5.24. The van der Waals surface area contributed by atoms with Crippen LogP contribution in [0.25, 0.3) is 0 Å². The molecule has 0 aliphatic heterocycles. The van der Waals surface area contributed by atoms with Crippen LogP contribution in [0.1, 0.15) is 43.5 Å². The van der Waals surface area contributed by atoms with Gasteiger partial charge in [0, 0.05) is 36.2 Å². The van der Waals surface area contributed by atoms with E-state index < -0.39 is 0 Å². The number of thiazole rings is 1. The Morgan fingerprint density at radius 3 is 2.69 bits per heavy atom. The van der Waals surface area contributed by atoms with Gasteiger partial charge in [-0.3, -0.25) is 0 Å². The zero-order valence-corrected chi connectivity index (χ0v) is 11.4. The number of hydrogen-bond acceptors (Lipinski definition) is 4. The molecule has 0 aliphatic rings. The normalized spacial score (nSPS) is 12.4. The summed E-state index contributed by atoms with van der Waals surface area (Å²) in [5.41, 5.74) is -0.0574. The van der Waals surface area contributed by atoms with Crippen LogP contribution in [0, 0.1) is 5.41 Å². The molecule has 0 spiro atoms. The molecule has 0 fully saturated rings. The molecule has 1 aromatic heterocycles. The maximum atomic E-state index is 9.12. The van der Waals surface area contributed by atoms with Crippen molar-refractivity contribution in [2.75, 3.05) is 13.2 Å². The van der Waals surface area contributed by atoms with Gasteiger partial charge in [0.1, 0.15) is 5.01 Å². The highest BCUT2D eigenvalue weighted by Crippen LogP contribution is 2.21. The number of aromatic nitrogens is 1. The summed E-state index contributed by atoms with van der Waals surface area (Å²) < 4.78 is 0. The average Bonchev–Trinajstić information content (AvgIpc) is 2.66. The lowest BCUT2D eigenvalue weighted by atomic mass is 9.95. The third-order valence-electron chi connectivity index (χ3n) is 2.45. The average molecular weight is 242 g/mol. The molecule has 0 saturated carbocycles. The highest BCUT2D eigenvalue weighted by Gasteiger charge is 2.15. The van der Waals surface area contributed by atoms with Gasteiger partial charge in [0.25, 0.3) is 0 Å². The monoisotopic (exact) mass is 242 g/mol. The summed E-state index contributed by atoms with van der Waals surface area (Å²) in [6.07, 6.45) is 1.96. The topological polar surface area (TPSA) is 45.2 Å². The maximum absolute atomic E-state index is 9.12. The quantitative estimate of drug-likeness (QED) is 0.805. The lowest BCUT2D eigenvalue weighted by Gasteiger charge is -2.21. The van der Waals surface area contributed by atoms with Crippen molar-refractivity contribution in [3.63, 3.8) is 0 Å². The highest BCUT2D eigenvalue weighted by atomic mass is 32.1. The van der Waals surface area contributed by atoms with Gasteiger partial charge in [-0.15, -0.1) is 11.3 Å². The van der Waals surface area contributed by atoms with E-state index in [1.165, 1.54) is 4.88 Å². The molecule has 0 radical (unpaired) electrons. The first kappa shape index (κ1) is 13.6. The molecular weight excluding hydrogens is 220 g/mol. The molecule has 1 heterocycles. The van der Waals surface area contributed by atoms with Crippen molar-refractivity contribution < 1.29 is 5.11 Å². The summed E-state index contributed by atoms with van der Waals surface area (Å²) in [6, 6.07) is 0. The number of aliphatic hydroxyl groups is 1. The summed E-state index contributed by atoms with van der Waals surface area (Å²) in [6.45, 7) is 10.2. The molecule has 4 heteroatoms. The van der Waals surface area contributed by atoms with Crippen LogP contribution in [-0.2, 0) is 6.54 Å². The van der Waals surface area contributed by atoms with Gasteiger partial charge in [-0.2, -0.15) is 0 Å². The molecule has 92 valence electrons. The Balaban J connectivity index is 2.37. The van der Waals surface area contributed by atoms with Crippen molar-refractivity contribution in [3.05, 3.63) is 16.1 Å². The first-order chi connectivity index (χ1) is 7.44. The van der Waals surface area contributed by atoms with E-state index in [0.29, 0.717) is 5.92 Å². The van der Waals surface area contributed by atoms with Gasteiger partial charge in [0.05, 0.1) is 0 Å². The Labute approximate surface area is 102 Å². The Kier molecular flexibility index (Phi) is 4.89.